The molecule has 0 bridgehead atoms. The fraction of sp³-hybridized carbons (Fsp3) is 0.440. The van der Waals surface area contributed by atoms with Crippen molar-refractivity contribution in [2.75, 3.05) is 41.7 Å². The first kappa shape index (κ1) is 25.8. The number of carbonyl (C=O) groups excluding carboxylic acids is 2. The number of methoxy groups -OCH3 is 4. The van der Waals surface area contributed by atoms with Crippen molar-refractivity contribution in [3.63, 3.8) is 0 Å². The summed E-state index contributed by atoms with van der Waals surface area (Å²) in [5, 5.41) is 0. The highest BCUT2D eigenvalue weighted by molar-refractivity contribution is 5.70. The highest BCUT2D eigenvalue weighted by atomic mass is 16.5. The maximum Gasteiger partial charge on any atom is 0.306 e. The highest BCUT2D eigenvalue weighted by Crippen LogP contribution is 2.32. The summed E-state index contributed by atoms with van der Waals surface area (Å²) < 4.78 is 31.7. The summed E-state index contributed by atoms with van der Waals surface area (Å²) in [6, 6.07) is 11.1. The molecule has 8 nitrogen and oxygen atoms in total. The van der Waals surface area contributed by atoms with Gasteiger partial charge in [0.25, 0.3) is 0 Å². The molecule has 0 heterocycles. The summed E-state index contributed by atoms with van der Waals surface area (Å²) in [5.41, 5.74) is 1.74. The van der Waals surface area contributed by atoms with E-state index in [4.69, 9.17) is 28.4 Å². The molecule has 0 atom stereocenters. The molecule has 0 saturated heterocycles. The number of esters is 2. The minimum atomic E-state index is -0.323. The molecule has 0 saturated carbocycles. The Morgan fingerprint density at radius 1 is 0.636 bits per heavy atom. The second-order valence-electron chi connectivity index (χ2n) is 7.10. The van der Waals surface area contributed by atoms with Gasteiger partial charge in [-0.25, -0.2) is 0 Å². The fourth-order valence-corrected chi connectivity index (χ4v) is 3.35. The Kier molecular flexibility index (Phi) is 10.9. The van der Waals surface area contributed by atoms with E-state index >= 15 is 0 Å². The van der Waals surface area contributed by atoms with E-state index in [1.54, 1.807) is 40.6 Å². The zero-order chi connectivity index (χ0) is 24.1. The van der Waals surface area contributed by atoms with Gasteiger partial charge in [0, 0.05) is 19.3 Å². The number of carbonyl (C=O) groups is 2. The number of hydrogen-bond acceptors (Lipinski definition) is 8. The molecule has 2 aromatic carbocycles. The van der Waals surface area contributed by atoms with Gasteiger partial charge in [0.2, 0.25) is 0 Å². The number of aryl methyl sites for hydroxylation is 2. The quantitative estimate of drug-likeness (QED) is 0.311. The van der Waals surface area contributed by atoms with Gasteiger partial charge in [-0.3, -0.25) is 9.59 Å². The average molecular weight is 461 g/mol. The van der Waals surface area contributed by atoms with Gasteiger partial charge in [0.1, 0.15) is 0 Å². The minimum Gasteiger partial charge on any atom is -0.493 e. The van der Waals surface area contributed by atoms with Crippen LogP contribution in [0.4, 0.5) is 0 Å². The first-order valence-electron chi connectivity index (χ1n) is 10.7. The minimum absolute atomic E-state index is 0.186. The van der Waals surface area contributed by atoms with Crippen molar-refractivity contribution in [2.45, 2.75) is 32.1 Å². The van der Waals surface area contributed by atoms with E-state index in [9.17, 15) is 9.59 Å². The summed E-state index contributed by atoms with van der Waals surface area (Å²) in [5.74, 6) is 1.83. The molecule has 0 N–H and O–H groups in total. The molecule has 2 rings (SSSR count). The molecular formula is C25H32O8. The van der Waals surface area contributed by atoms with Crippen molar-refractivity contribution in [3.05, 3.63) is 47.5 Å². The molecule has 0 fully saturated rings. The van der Waals surface area contributed by atoms with E-state index in [0.717, 1.165) is 11.1 Å². The van der Waals surface area contributed by atoms with Gasteiger partial charge in [-0.1, -0.05) is 24.3 Å². The normalized spacial score (nSPS) is 10.3. The van der Waals surface area contributed by atoms with Crippen LogP contribution in [0.25, 0.3) is 0 Å². The first-order valence-corrected chi connectivity index (χ1v) is 10.7. The van der Waals surface area contributed by atoms with Crippen LogP contribution in [0.3, 0.4) is 0 Å². The summed E-state index contributed by atoms with van der Waals surface area (Å²) in [7, 11) is 6.26. The van der Waals surface area contributed by atoms with Gasteiger partial charge in [0.15, 0.2) is 23.0 Å². The first-order chi connectivity index (χ1) is 16.0. The summed E-state index contributed by atoms with van der Waals surface area (Å²) in [6.07, 6.45) is 1.81. The smallest absolute Gasteiger partial charge is 0.306 e. The lowest BCUT2D eigenvalue weighted by molar-refractivity contribution is -0.146. The van der Waals surface area contributed by atoms with Crippen LogP contribution in [-0.4, -0.2) is 53.6 Å². The van der Waals surface area contributed by atoms with Crippen LogP contribution in [0.15, 0.2) is 36.4 Å². The lowest BCUT2D eigenvalue weighted by atomic mass is 10.1. The summed E-state index contributed by atoms with van der Waals surface area (Å²) in [4.78, 5) is 24.0. The Morgan fingerprint density at radius 2 is 1.06 bits per heavy atom. The lowest BCUT2D eigenvalue weighted by Gasteiger charge is -2.12. The number of benzene rings is 2. The summed E-state index contributed by atoms with van der Waals surface area (Å²) >= 11 is 0. The van der Waals surface area contributed by atoms with E-state index in [1.165, 1.54) is 0 Å². The van der Waals surface area contributed by atoms with Crippen LogP contribution in [0.5, 0.6) is 23.0 Å². The molecule has 0 aliphatic rings. The van der Waals surface area contributed by atoms with Crippen molar-refractivity contribution >= 4 is 11.9 Å². The van der Waals surface area contributed by atoms with Crippen LogP contribution < -0.4 is 18.9 Å². The third-order valence-corrected chi connectivity index (χ3v) is 4.98. The molecule has 0 amide bonds. The Morgan fingerprint density at radius 3 is 1.42 bits per heavy atom. The van der Waals surface area contributed by atoms with E-state index in [-0.39, 0.29) is 38.0 Å². The van der Waals surface area contributed by atoms with Crippen LogP contribution in [0.2, 0.25) is 0 Å². The average Bonchev–Trinajstić information content (AvgIpc) is 2.85. The number of hydrogen-bond donors (Lipinski definition) is 0. The van der Waals surface area contributed by atoms with E-state index < -0.39 is 0 Å². The fourth-order valence-electron chi connectivity index (χ4n) is 3.35. The van der Waals surface area contributed by atoms with Crippen LogP contribution >= 0.6 is 0 Å². The number of ether oxygens (including phenoxy) is 6. The lowest BCUT2D eigenvalue weighted by Crippen LogP contribution is -2.12. The molecule has 0 spiro atoms. The molecule has 0 aliphatic heterocycles. The van der Waals surface area contributed by atoms with E-state index in [1.807, 2.05) is 24.3 Å². The maximum absolute atomic E-state index is 12.0. The van der Waals surface area contributed by atoms with Gasteiger partial charge in [0.05, 0.1) is 41.7 Å². The Labute approximate surface area is 194 Å². The van der Waals surface area contributed by atoms with Crippen LogP contribution in [-0.2, 0) is 31.9 Å². The van der Waals surface area contributed by atoms with Gasteiger partial charge < -0.3 is 28.4 Å². The predicted molar refractivity (Wildman–Crippen MR) is 122 cm³/mol. The van der Waals surface area contributed by atoms with E-state index in [0.29, 0.717) is 42.3 Å². The Bertz CT molecular complexity index is 836. The zero-order valence-electron chi connectivity index (χ0n) is 19.7. The molecule has 180 valence electrons. The molecule has 33 heavy (non-hydrogen) atoms. The van der Waals surface area contributed by atoms with Crippen LogP contribution in [0, 0.1) is 0 Å². The van der Waals surface area contributed by atoms with Gasteiger partial charge in [-0.2, -0.15) is 0 Å². The van der Waals surface area contributed by atoms with Crippen molar-refractivity contribution in [1.82, 2.24) is 0 Å². The molecule has 0 radical (unpaired) electrons. The largest absolute Gasteiger partial charge is 0.493 e. The SMILES string of the molecule is COc1cccc(CCC(=O)OCCCOC(=O)CCc2cccc(OC)c2OC)c1OC. The van der Waals surface area contributed by atoms with Gasteiger partial charge >= 0.3 is 11.9 Å². The maximum atomic E-state index is 12.0. The molecule has 0 aromatic heterocycles. The van der Waals surface area contributed by atoms with E-state index in [2.05, 4.69) is 0 Å². The molecule has 2 aromatic rings. The number of para-hydroxylation sites is 2. The van der Waals surface area contributed by atoms with Crippen molar-refractivity contribution in [1.29, 1.82) is 0 Å². The Hall–Kier alpha value is -3.42. The van der Waals surface area contributed by atoms with Crippen molar-refractivity contribution in [2.24, 2.45) is 0 Å². The van der Waals surface area contributed by atoms with Crippen molar-refractivity contribution in [3.8, 4) is 23.0 Å². The Balaban J connectivity index is 1.65. The third kappa shape index (κ3) is 7.89. The number of rotatable bonds is 14. The molecule has 0 unspecified atom stereocenters. The van der Waals surface area contributed by atoms with Crippen LogP contribution in [0.1, 0.15) is 30.4 Å². The van der Waals surface area contributed by atoms with Gasteiger partial charge in [-0.15, -0.1) is 0 Å². The second-order valence-corrected chi connectivity index (χ2v) is 7.10. The zero-order valence-corrected chi connectivity index (χ0v) is 19.7. The molecule has 8 heteroatoms. The third-order valence-electron chi connectivity index (χ3n) is 4.98. The second kappa shape index (κ2) is 13.9. The highest BCUT2D eigenvalue weighted by Gasteiger charge is 2.13. The summed E-state index contributed by atoms with van der Waals surface area (Å²) in [6.45, 7) is 0.371. The molecular weight excluding hydrogens is 428 g/mol. The molecule has 0 aliphatic carbocycles. The standard InChI is InChI=1S/C25H32O8/c1-28-20-10-5-8-18(24(20)30-3)12-14-22(26)32-16-7-17-33-23(27)15-13-19-9-6-11-21(29-2)25(19)31-4/h5-6,8-11H,7,12-17H2,1-4H3. The topological polar surface area (TPSA) is 89.5 Å². The monoisotopic (exact) mass is 460 g/mol. The van der Waals surface area contributed by atoms with Gasteiger partial charge in [-0.05, 0) is 36.1 Å². The predicted octanol–water partition coefficient (Wildman–Crippen LogP) is 3.76. The van der Waals surface area contributed by atoms with Crippen molar-refractivity contribution < 1.29 is 38.0 Å².